The van der Waals surface area contributed by atoms with Crippen LogP contribution in [0.15, 0.2) is 0 Å². The zero-order valence-electron chi connectivity index (χ0n) is 10.4. The average molecular weight is 251 g/mol. The van der Waals surface area contributed by atoms with E-state index in [1.807, 2.05) is 0 Å². The van der Waals surface area contributed by atoms with Crippen molar-refractivity contribution in [1.82, 2.24) is 5.32 Å². The van der Waals surface area contributed by atoms with Crippen molar-refractivity contribution in [2.24, 2.45) is 11.5 Å². The number of rotatable bonds is 14. The van der Waals surface area contributed by atoms with E-state index in [2.05, 4.69) is 5.32 Å². The van der Waals surface area contributed by atoms with Crippen LogP contribution in [0.2, 0.25) is 0 Å². The van der Waals surface area contributed by atoms with Gasteiger partial charge in [0.1, 0.15) is 13.6 Å². The quantitative estimate of drug-likeness (QED) is 0.254. The summed E-state index contributed by atoms with van der Waals surface area (Å²) in [6.07, 6.45) is 0. The van der Waals surface area contributed by atoms with Gasteiger partial charge in [0.05, 0.1) is 26.4 Å². The number of nitrogens with one attached hydrogen (secondary N) is 1. The minimum Gasteiger partial charge on any atom is -0.354 e. The number of nitrogens with two attached hydrogens (primary N) is 2. The second-order valence-corrected chi connectivity index (χ2v) is 3.20. The molecule has 0 fully saturated rings. The van der Waals surface area contributed by atoms with E-state index in [1.54, 1.807) is 0 Å². The minimum absolute atomic E-state index is 0.294. The molecule has 104 valence electrons. The molecule has 0 unspecified atom stereocenters. The van der Waals surface area contributed by atoms with Gasteiger partial charge in [-0.15, -0.1) is 0 Å². The molecule has 7 heteroatoms. The summed E-state index contributed by atoms with van der Waals surface area (Å²) in [6.45, 7) is 5.43. The summed E-state index contributed by atoms with van der Waals surface area (Å²) in [4.78, 5) is 0. The monoisotopic (exact) mass is 251 g/mol. The topological polar surface area (TPSA) is 101 Å². The van der Waals surface area contributed by atoms with Gasteiger partial charge in [-0.25, -0.2) is 0 Å². The lowest BCUT2D eigenvalue weighted by Crippen LogP contribution is -2.25. The third-order valence-corrected chi connectivity index (χ3v) is 1.70. The number of hydrogen-bond acceptors (Lipinski definition) is 7. The van der Waals surface area contributed by atoms with Crippen LogP contribution in [-0.2, 0) is 18.9 Å². The van der Waals surface area contributed by atoms with Crippen molar-refractivity contribution >= 4 is 0 Å². The van der Waals surface area contributed by atoms with Crippen LogP contribution in [0.4, 0.5) is 0 Å². The van der Waals surface area contributed by atoms with E-state index in [0.29, 0.717) is 53.1 Å². The highest BCUT2D eigenvalue weighted by molar-refractivity contribution is 4.43. The lowest BCUT2D eigenvalue weighted by atomic mass is 10.6. The minimum atomic E-state index is 0.294. The van der Waals surface area contributed by atoms with Crippen molar-refractivity contribution in [3.63, 3.8) is 0 Å². The maximum atomic E-state index is 5.24. The number of ether oxygens (including phenoxy) is 4. The van der Waals surface area contributed by atoms with E-state index in [9.17, 15) is 0 Å². The first-order valence-corrected chi connectivity index (χ1v) is 5.83. The van der Waals surface area contributed by atoms with Crippen molar-refractivity contribution in [2.45, 2.75) is 0 Å². The van der Waals surface area contributed by atoms with Gasteiger partial charge in [-0.3, -0.25) is 0 Å². The average Bonchev–Trinajstić information content (AvgIpc) is 2.35. The predicted octanol–water partition coefficient (Wildman–Crippen LogP) is -1.53. The van der Waals surface area contributed by atoms with Gasteiger partial charge < -0.3 is 35.7 Å². The highest BCUT2D eigenvalue weighted by atomic mass is 16.7. The van der Waals surface area contributed by atoms with Crippen LogP contribution in [0.3, 0.4) is 0 Å². The first kappa shape index (κ1) is 16.7. The maximum absolute atomic E-state index is 5.24. The third kappa shape index (κ3) is 15.7. The lowest BCUT2D eigenvalue weighted by molar-refractivity contribution is -0.0545. The largest absolute Gasteiger partial charge is 0.354 e. The summed E-state index contributed by atoms with van der Waals surface area (Å²) in [6, 6.07) is 0. The molecule has 5 N–H and O–H groups in total. The molecule has 0 heterocycles. The second-order valence-electron chi connectivity index (χ2n) is 3.20. The number of hydrogen-bond donors (Lipinski definition) is 3. The zero-order valence-corrected chi connectivity index (χ0v) is 10.4. The molecule has 0 rings (SSSR count). The fourth-order valence-corrected chi connectivity index (χ4v) is 0.934. The van der Waals surface area contributed by atoms with Gasteiger partial charge in [-0.2, -0.15) is 0 Å². The van der Waals surface area contributed by atoms with E-state index in [4.69, 9.17) is 30.4 Å². The van der Waals surface area contributed by atoms with Crippen molar-refractivity contribution in [1.29, 1.82) is 0 Å². The van der Waals surface area contributed by atoms with E-state index in [0.717, 1.165) is 13.1 Å². The SMILES string of the molecule is NCCOCOCCNCCOCOCCN. The fraction of sp³-hybridized carbons (Fsp3) is 1.00. The van der Waals surface area contributed by atoms with Crippen molar-refractivity contribution < 1.29 is 18.9 Å². The van der Waals surface area contributed by atoms with Crippen LogP contribution < -0.4 is 16.8 Å². The van der Waals surface area contributed by atoms with Gasteiger partial charge in [-0.05, 0) is 0 Å². The summed E-state index contributed by atoms with van der Waals surface area (Å²) < 4.78 is 20.4. The molecule has 0 saturated heterocycles. The normalized spacial score (nSPS) is 10.9. The standard InChI is InChI=1S/C10H25N3O4/c11-1-5-14-9-16-7-3-13-4-8-17-10-15-6-2-12/h13H,1-12H2. The molecule has 7 nitrogen and oxygen atoms in total. The smallest absolute Gasteiger partial charge is 0.146 e. The van der Waals surface area contributed by atoms with Crippen LogP contribution in [0.25, 0.3) is 0 Å². The van der Waals surface area contributed by atoms with E-state index < -0.39 is 0 Å². The van der Waals surface area contributed by atoms with Gasteiger partial charge in [0.25, 0.3) is 0 Å². The Kier molecular flexibility index (Phi) is 15.5. The Bertz CT molecular complexity index is 127. The van der Waals surface area contributed by atoms with Crippen molar-refractivity contribution in [3.05, 3.63) is 0 Å². The van der Waals surface area contributed by atoms with Gasteiger partial charge >= 0.3 is 0 Å². The van der Waals surface area contributed by atoms with Gasteiger partial charge in [0.2, 0.25) is 0 Å². The summed E-state index contributed by atoms with van der Waals surface area (Å²) in [7, 11) is 0. The maximum Gasteiger partial charge on any atom is 0.146 e. The Labute approximate surface area is 103 Å². The molecule has 0 spiro atoms. The predicted molar refractivity (Wildman–Crippen MR) is 64.5 cm³/mol. The fourth-order valence-electron chi connectivity index (χ4n) is 0.934. The molecule has 17 heavy (non-hydrogen) atoms. The van der Waals surface area contributed by atoms with Crippen LogP contribution in [0.1, 0.15) is 0 Å². The third-order valence-electron chi connectivity index (χ3n) is 1.70. The Morgan fingerprint density at radius 2 is 1.06 bits per heavy atom. The summed E-state index contributed by atoms with van der Waals surface area (Å²) >= 11 is 0. The van der Waals surface area contributed by atoms with Gasteiger partial charge in [0, 0.05) is 26.2 Å². The molecule has 0 saturated carbocycles. The van der Waals surface area contributed by atoms with E-state index in [-0.39, 0.29) is 0 Å². The summed E-state index contributed by atoms with van der Waals surface area (Å²) in [5.74, 6) is 0. The highest BCUT2D eigenvalue weighted by Crippen LogP contribution is 1.78. The zero-order chi connectivity index (χ0) is 12.6. The van der Waals surface area contributed by atoms with Crippen LogP contribution in [0, 0.1) is 0 Å². The van der Waals surface area contributed by atoms with Gasteiger partial charge in [0.15, 0.2) is 0 Å². The molecule has 0 aromatic heterocycles. The van der Waals surface area contributed by atoms with E-state index >= 15 is 0 Å². The Balaban J connectivity index is 2.85. The molecular formula is C10H25N3O4. The van der Waals surface area contributed by atoms with Crippen molar-refractivity contribution in [3.8, 4) is 0 Å². The van der Waals surface area contributed by atoms with E-state index in [1.165, 1.54) is 0 Å². The first-order chi connectivity index (χ1) is 8.41. The molecule has 0 aromatic rings. The molecule has 0 bridgehead atoms. The summed E-state index contributed by atoms with van der Waals surface area (Å²) in [5, 5.41) is 3.16. The van der Waals surface area contributed by atoms with Crippen molar-refractivity contribution in [2.75, 3.05) is 66.2 Å². The molecule has 0 aliphatic rings. The molecule has 0 radical (unpaired) electrons. The summed E-state index contributed by atoms with van der Waals surface area (Å²) in [5.41, 5.74) is 10.5. The molecule has 0 atom stereocenters. The van der Waals surface area contributed by atoms with Crippen LogP contribution in [-0.4, -0.2) is 66.2 Å². The van der Waals surface area contributed by atoms with Crippen LogP contribution in [0.5, 0.6) is 0 Å². The Morgan fingerprint density at radius 3 is 1.47 bits per heavy atom. The molecule has 0 aromatic carbocycles. The second kappa shape index (κ2) is 15.7. The molecule has 0 aliphatic carbocycles. The molecule has 0 amide bonds. The Morgan fingerprint density at radius 1 is 0.647 bits per heavy atom. The Hall–Kier alpha value is -0.280. The van der Waals surface area contributed by atoms with Crippen LogP contribution >= 0.6 is 0 Å². The van der Waals surface area contributed by atoms with Gasteiger partial charge in [-0.1, -0.05) is 0 Å². The molecular weight excluding hydrogens is 226 g/mol. The first-order valence-electron chi connectivity index (χ1n) is 5.83. The lowest BCUT2D eigenvalue weighted by Gasteiger charge is -2.07. The highest BCUT2D eigenvalue weighted by Gasteiger charge is 1.90. The molecule has 0 aliphatic heterocycles.